The van der Waals surface area contributed by atoms with Crippen molar-refractivity contribution in [2.75, 3.05) is 0 Å². The smallest absolute Gasteiger partial charge is 0.216 e. The van der Waals surface area contributed by atoms with Crippen molar-refractivity contribution < 1.29 is 12.8 Å². The molecule has 0 aliphatic rings. The summed E-state index contributed by atoms with van der Waals surface area (Å²) in [5.74, 6) is -0.742. The minimum absolute atomic E-state index is 0.0660. The second-order valence-corrected chi connectivity index (χ2v) is 7.40. The Morgan fingerprint density at radius 1 is 1.16 bits per heavy atom. The molecule has 0 saturated heterocycles. The Labute approximate surface area is 145 Å². The zero-order valence-electron chi connectivity index (χ0n) is 13.6. The number of hydrogen-bond acceptors (Lipinski definition) is 4. The van der Waals surface area contributed by atoms with E-state index in [2.05, 4.69) is 14.8 Å². The molecule has 6 nitrogen and oxygen atoms in total. The Bertz CT molecular complexity index is 971. The molecule has 3 rings (SSSR count). The Morgan fingerprint density at radius 3 is 2.64 bits per heavy atom. The maximum atomic E-state index is 13.2. The molecule has 0 saturated carbocycles. The molecular formula is C17H17FN4O2S. The van der Waals surface area contributed by atoms with Gasteiger partial charge in [-0.3, -0.25) is 9.67 Å². The fraction of sp³-hybridized carbons (Fsp3) is 0.176. The van der Waals surface area contributed by atoms with Crippen LogP contribution in [0.3, 0.4) is 0 Å². The molecule has 0 atom stereocenters. The van der Waals surface area contributed by atoms with E-state index < -0.39 is 15.8 Å². The van der Waals surface area contributed by atoms with Gasteiger partial charge in [-0.2, -0.15) is 5.10 Å². The number of aryl methyl sites for hydroxylation is 1. The van der Waals surface area contributed by atoms with Gasteiger partial charge in [0.1, 0.15) is 5.82 Å². The summed E-state index contributed by atoms with van der Waals surface area (Å²) in [5.41, 5.74) is 2.80. The number of nitrogens with zero attached hydrogens (tertiary/aromatic N) is 3. The second kappa shape index (κ2) is 7.12. The molecule has 0 aliphatic heterocycles. The largest absolute Gasteiger partial charge is 0.268 e. The summed E-state index contributed by atoms with van der Waals surface area (Å²) in [6.45, 7) is 0.0660. The first-order chi connectivity index (χ1) is 11.9. The predicted octanol–water partition coefficient (Wildman–Crippen LogP) is 2.24. The lowest BCUT2D eigenvalue weighted by Crippen LogP contribution is -2.25. The molecule has 0 amide bonds. The van der Waals surface area contributed by atoms with Gasteiger partial charge >= 0.3 is 0 Å². The number of rotatable bonds is 6. The van der Waals surface area contributed by atoms with Crippen LogP contribution in [0.15, 0.2) is 54.9 Å². The highest BCUT2D eigenvalue weighted by Crippen LogP contribution is 2.19. The van der Waals surface area contributed by atoms with E-state index in [9.17, 15) is 12.8 Å². The van der Waals surface area contributed by atoms with Gasteiger partial charge in [0.15, 0.2) is 0 Å². The highest BCUT2D eigenvalue weighted by Gasteiger charge is 2.14. The average Bonchev–Trinajstić information content (AvgIpc) is 2.95. The third kappa shape index (κ3) is 4.49. The normalized spacial score (nSPS) is 11.6. The minimum atomic E-state index is -3.59. The van der Waals surface area contributed by atoms with Gasteiger partial charge in [0.2, 0.25) is 10.0 Å². The lowest BCUT2D eigenvalue weighted by atomic mass is 10.2. The average molecular weight is 360 g/mol. The number of halogens is 1. The van der Waals surface area contributed by atoms with Crippen molar-refractivity contribution in [3.63, 3.8) is 0 Å². The minimum Gasteiger partial charge on any atom is -0.268 e. The van der Waals surface area contributed by atoms with Gasteiger partial charge in [0, 0.05) is 25.0 Å². The molecule has 0 radical (unpaired) electrons. The second-order valence-electron chi connectivity index (χ2n) is 5.59. The van der Waals surface area contributed by atoms with Crippen LogP contribution in [0.4, 0.5) is 4.39 Å². The van der Waals surface area contributed by atoms with Crippen LogP contribution < -0.4 is 4.72 Å². The number of sulfonamides is 1. The van der Waals surface area contributed by atoms with Crippen molar-refractivity contribution in [1.82, 2.24) is 19.5 Å². The maximum Gasteiger partial charge on any atom is 0.216 e. The summed E-state index contributed by atoms with van der Waals surface area (Å²) in [6, 6.07) is 11.1. The first-order valence-electron chi connectivity index (χ1n) is 7.58. The van der Waals surface area contributed by atoms with Crippen LogP contribution in [0, 0.1) is 5.82 Å². The molecule has 0 bridgehead atoms. The van der Waals surface area contributed by atoms with Crippen LogP contribution in [-0.2, 0) is 29.4 Å². The highest BCUT2D eigenvalue weighted by atomic mass is 32.2. The van der Waals surface area contributed by atoms with Crippen LogP contribution in [0.5, 0.6) is 0 Å². The van der Waals surface area contributed by atoms with E-state index >= 15 is 0 Å². The monoisotopic (exact) mass is 360 g/mol. The van der Waals surface area contributed by atoms with Gasteiger partial charge < -0.3 is 0 Å². The number of pyridine rings is 1. The van der Waals surface area contributed by atoms with E-state index in [1.54, 1.807) is 30.2 Å². The quantitative estimate of drug-likeness (QED) is 0.731. The molecule has 0 unspecified atom stereocenters. The predicted molar refractivity (Wildman–Crippen MR) is 92.3 cm³/mol. The fourth-order valence-electron chi connectivity index (χ4n) is 2.49. The standard InChI is InChI=1S/C17H17FN4O2S/c1-22-17(14-5-7-19-8-6-14)10-16(21-22)11-20-25(23,24)12-13-3-2-4-15(18)9-13/h2-10,20H,11-12H2,1H3. The third-order valence-corrected chi connectivity index (χ3v) is 4.92. The highest BCUT2D eigenvalue weighted by molar-refractivity contribution is 7.88. The zero-order chi connectivity index (χ0) is 17.9. The van der Waals surface area contributed by atoms with Crippen LogP contribution in [0.1, 0.15) is 11.3 Å². The van der Waals surface area contributed by atoms with Crippen molar-refractivity contribution in [3.05, 3.63) is 71.9 Å². The molecule has 0 spiro atoms. The molecule has 8 heteroatoms. The summed E-state index contributed by atoms with van der Waals surface area (Å²) in [6.07, 6.45) is 3.37. The topological polar surface area (TPSA) is 76.9 Å². The van der Waals surface area contributed by atoms with Gasteiger partial charge in [-0.1, -0.05) is 12.1 Å². The SMILES string of the molecule is Cn1nc(CNS(=O)(=O)Cc2cccc(F)c2)cc1-c1ccncc1. The van der Waals surface area contributed by atoms with E-state index in [0.29, 0.717) is 11.3 Å². The van der Waals surface area contributed by atoms with Crippen LogP contribution in [0.2, 0.25) is 0 Å². The van der Waals surface area contributed by atoms with Gasteiger partial charge in [-0.25, -0.2) is 17.5 Å². The van der Waals surface area contributed by atoms with E-state index in [1.165, 1.54) is 18.2 Å². The summed E-state index contributed by atoms with van der Waals surface area (Å²) >= 11 is 0. The molecule has 1 N–H and O–H groups in total. The Hall–Kier alpha value is -2.58. The Balaban J connectivity index is 1.69. The summed E-state index contributed by atoms with van der Waals surface area (Å²) < 4.78 is 41.7. The number of nitrogens with one attached hydrogen (secondary N) is 1. The lowest BCUT2D eigenvalue weighted by Gasteiger charge is -2.05. The molecule has 25 heavy (non-hydrogen) atoms. The summed E-state index contributed by atoms with van der Waals surface area (Å²) in [7, 11) is -1.80. The van der Waals surface area contributed by atoms with Crippen LogP contribution >= 0.6 is 0 Å². The van der Waals surface area contributed by atoms with Crippen LogP contribution in [-0.4, -0.2) is 23.2 Å². The lowest BCUT2D eigenvalue weighted by molar-refractivity contribution is 0.578. The van der Waals surface area contributed by atoms with Crippen molar-refractivity contribution in [1.29, 1.82) is 0 Å². The Morgan fingerprint density at radius 2 is 1.92 bits per heavy atom. The Kier molecular flexibility index (Phi) is 4.91. The molecule has 2 aromatic heterocycles. The van der Waals surface area contributed by atoms with Crippen molar-refractivity contribution in [2.24, 2.45) is 7.05 Å². The van der Waals surface area contributed by atoms with Crippen molar-refractivity contribution in [2.45, 2.75) is 12.3 Å². The zero-order valence-corrected chi connectivity index (χ0v) is 14.4. The fourth-order valence-corrected chi connectivity index (χ4v) is 3.58. The van der Waals surface area contributed by atoms with E-state index in [-0.39, 0.29) is 12.3 Å². The van der Waals surface area contributed by atoms with Gasteiger partial charge in [0.25, 0.3) is 0 Å². The van der Waals surface area contributed by atoms with E-state index in [1.807, 2.05) is 18.2 Å². The third-order valence-electron chi connectivity index (χ3n) is 3.63. The van der Waals surface area contributed by atoms with Gasteiger partial charge in [-0.05, 0) is 35.9 Å². The van der Waals surface area contributed by atoms with E-state index in [4.69, 9.17) is 0 Å². The molecule has 2 heterocycles. The van der Waals surface area contributed by atoms with Gasteiger partial charge in [-0.15, -0.1) is 0 Å². The first-order valence-corrected chi connectivity index (χ1v) is 9.23. The summed E-state index contributed by atoms with van der Waals surface area (Å²) in [5, 5.41) is 4.32. The van der Waals surface area contributed by atoms with Crippen molar-refractivity contribution >= 4 is 10.0 Å². The summed E-state index contributed by atoms with van der Waals surface area (Å²) in [4.78, 5) is 3.97. The molecular weight excluding hydrogens is 343 g/mol. The van der Waals surface area contributed by atoms with Crippen LogP contribution in [0.25, 0.3) is 11.3 Å². The number of hydrogen-bond donors (Lipinski definition) is 1. The van der Waals surface area contributed by atoms with E-state index in [0.717, 1.165) is 11.3 Å². The number of benzene rings is 1. The molecule has 3 aromatic rings. The molecule has 0 fully saturated rings. The van der Waals surface area contributed by atoms with Crippen molar-refractivity contribution in [3.8, 4) is 11.3 Å². The molecule has 1 aromatic carbocycles. The molecule has 0 aliphatic carbocycles. The molecule has 130 valence electrons. The maximum absolute atomic E-state index is 13.2. The first kappa shape index (κ1) is 17.2. The number of aromatic nitrogens is 3. The van der Waals surface area contributed by atoms with Gasteiger partial charge in [0.05, 0.1) is 23.7 Å².